The fourth-order valence-electron chi connectivity index (χ4n) is 1.76. The van der Waals surface area contributed by atoms with Gasteiger partial charge in [-0.1, -0.05) is 6.92 Å². The van der Waals surface area contributed by atoms with Gasteiger partial charge in [-0.15, -0.1) is 0 Å². The number of rotatable bonds is 0. The summed E-state index contributed by atoms with van der Waals surface area (Å²) < 4.78 is 5.18. The molecule has 0 amide bonds. The first-order chi connectivity index (χ1) is 4.22. The van der Waals surface area contributed by atoms with Crippen molar-refractivity contribution in [2.24, 2.45) is 11.3 Å². The minimum atomic E-state index is 0.233. The van der Waals surface area contributed by atoms with Crippen molar-refractivity contribution in [3.8, 4) is 0 Å². The van der Waals surface area contributed by atoms with Crippen LogP contribution in [-0.4, -0.2) is 19.0 Å². The van der Waals surface area contributed by atoms with E-state index in [9.17, 15) is 4.79 Å². The second kappa shape index (κ2) is 1.37. The minimum absolute atomic E-state index is 0.233. The number of carbonyl (C=O) groups excluding carboxylic acids is 1. The van der Waals surface area contributed by atoms with E-state index in [1.54, 1.807) is 0 Å². The second-order valence-electron chi connectivity index (χ2n) is 3.36. The summed E-state index contributed by atoms with van der Waals surface area (Å²) in [6.07, 6.45) is 0.748. The number of ketones is 1. The monoisotopic (exact) mass is 126 g/mol. The first-order valence-electron chi connectivity index (χ1n) is 3.33. The number of carbonyl (C=O) groups is 1. The van der Waals surface area contributed by atoms with Crippen LogP contribution in [0.2, 0.25) is 0 Å². The molecule has 0 aromatic carbocycles. The van der Waals surface area contributed by atoms with E-state index < -0.39 is 0 Å². The lowest BCUT2D eigenvalue weighted by Gasteiger charge is -2.37. The molecule has 2 rings (SSSR count). The van der Waals surface area contributed by atoms with E-state index in [1.807, 2.05) is 0 Å². The van der Waals surface area contributed by atoms with E-state index in [-0.39, 0.29) is 11.3 Å². The zero-order chi connectivity index (χ0) is 6.48. The molecule has 0 N–H and O–H groups in total. The van der Waals surface area contributed by atoms with Crippen molar-refractivity contribution in [3.05, 3.63) is 0 Å². The summed E-state index contributed by atoms with van der Waals surface area (Å²) in [4.78, 5) is 10.8. The van der Waals surface area contributed by atoms with E-state index in [4.69, 9.17) is 4.74 Å². The maximum absolute atomic E-state index is 10.8. The summed E-state index contributed by atoms with van der Waals surface area (Å²) in [5, 5.41) is 0. The van der Waals surface area contributed by atoms with Crippen LogP contribution in [0.25, 0.3) is 0 Å². The SMILES string of the molecule is CC12COCC1C(=O)C2. The molecule has 1 saturated heterocycles. The molecule has 1 aliphatic heterocycles. The maximum atomic E-state index is 10.8. The molecule has 2 atom stereocenters. The molecule has 1 aliphatic carbocycles. The fraction of sp³-hybridized carbons (Fsp3) is 0.857. The fourth-order valence-corrected chi connectivity index (χ4v) is 1.76. The van der Waals surface area contributed by atoms with Crippen molar-refractivity contribution >= 4 is 5.78 Å². The minimum Gasteiger partial charge on any atom is -0.380 e. The van der Waals surface area contributed by atoms with E-state index in [1.165, 1.54) is 0 Å². The molecular weight excluding hydrogens is 116 g/mol. The largest absolute Gasteiger partial charge is 0.380 e. The van der Waals surface area contributed by atoms with Crippen molar-refractivity contribution in [3.63, 3.8) is 0 Å². The molecule has 0 spiro atoms. The van der Waals surface area contributed by atoms with E-state index in [0.717, 1.165) is 13.0 Å². The predicted octanol–water partition coefficient (Wildman–Crippen LogP) is 0.612. The number of hydrogen-bond donors (Lipinski definition) is 0. The zero-order valence-electron chi connectivity index (χ0n) is 5.52. The highest BCUT2D eigenvalue weighted by Crippen LogP contribution is 2.47. The molecule has 0 radical (unpaired) electrons. The lowest BCUT2D eigenvalue weighted by molar-refractivity contribution is -0.137. The van der Waals surface area contributed by atoms with Gasteiger partial charge in [-0.05, 0) is 0 Å². The molecular formula is C7H10O2. The predicted molar refractivity (Wildman–Crippen MR) is 32.0 cm³/mol. The third-order valence-corrected chi connectivity index (χ3v) is 2.52. The summed E-state index contributed by atoms with van der Waals surface area (Å²) in [6.45, 7) is 3.60. The molecule has 2 heteroatoms. The molecule has 2 nitrogen and oxygen atoms in total. The van der Waals surface area contributed by atoms with Gasteiger partial charge in [0.15, 0.2) is 0 Å². The number of hydrogen-bond acceptors (Lipinski definition) is 2. The normalized spacial score (nSPS) is 48.6. The van der Waals surface area contributed by atoms with Crippen LogP contribution in [0.4, 0.5) is 0 Å². The lowest BCUT2D eigenvalue weighted by Crippen LogP contribution is -2.45. The summed E-state index contributed by atoms with van der Waals surface area (Å²) in [7, 11) is 0. The second-order valence-corrected chi connectivity index (χ2v) is 3.36. The Labute approximate surface area is 54.2 Å². The van der Waals surface area contributed by atoms with E-state index >= 15 is 0 Å². The van der Waals surface area contributed by atoms with Crippen molar-refractivity contribution in [2.75, 3.05) is 13.2 Å². The van der Waals surface area contributed by atoms with Gasteiger partial charge < -0.3 is 4.74 Å². The van der Waals surface area contributed by atoms with Gasteiger partial charge in [0.2, 0.25) is 0 Å². The number of Topliss-reactive ketones (excluding diaryl/α,β-unsaturated/α-hetero) is 1. The Morgan fingerprint density at radius 3 is 3.00 bits per heavy atom. The van der Waals surface area contributed by atoms with Gasteiger partial charge >= 0.3 is 0 Å². The molecule has 2 fully saturated rings. The average molecular weight is 126 g/mol. The highest BCUT2D eigenvalue weighted by molar-refractivity contribution is 5.89. The van der Waals surface area contributed by atoms with Crippen LogP contribution in [0.3, 0.4) is 0 Å². The van der Waals surface area contributed by atoms with Crippen LogP contribution in [-0.2, 0) is 9.53 Å². The molecule has 0 aromatic rings. The third kappa shape index (κ3) is 0.517. The Morgan fingerprint density at radius 1 is 1.78 bits per heavy atom. The van der Waals surface area contributed by atoms with Crippen LogP contribution in [0, 0.1) is 11.3 Å². The van der Waals surface area contributed by atoms with Crippen LogP contribution in [0.5, 0.6) is 0 Å². The summed E-state index contributed by atoms with van der Waals surface area (Å²) >= 11 is 0. The molecule has 2 unspecified atom stereocenters. The summed E-state index contributed by atoms with van der Waals surface area (Å²) in [5.41, 5.74) is 0.233. The van der Waals surface area contributed by atoms with E-state index in [0.29, 0.717) is 12.4 Å². The van der Waals surface area contributed by atoms with Gasteiger partial charge in [0.1, 0.15) is 5.78 Å². The van der Waals surface area contributed by atoms with Gasteiger partial charge in [-0.2, -0.15) is 0 Å². The van der Waals surface area contributed by atoms with Crippen LogP contribution >= 0.6 is 0 Å². The van der Waals surface area contributed by atoms with Crippen LogP contribution in [0.15, 0.2) is 0 Å². The van der Waals surface area contributed by atoms with Gasteiger partial charge in [0.25, 0.3) is 0 Å². The van der Waals surface area contributed by atoms with Crippen molar-refractivity contribution in [1.29, 1.82) is 0 Å². The first-order valence-corrected chi connectivity index (χ1v) is 3.33. The highest BCUT2D eigenvalue weighted by Gasteiger charge is 2.53. The van der Waals surface area contributed by atoms with Gasteiger partial charge in [0.05, 0.1) is 13.2 Å². The standard InChI is InChI=1S/C7H10O2/c1-7-2-6(8)5(7)3-9-4-7/h5H,2-4H2,1H3. The van der Waals surface area contributed by atoms with Crippen molar-refractivity contribution < 1.29 is 9.53 Å². The van der Waals surface area contributed by atoms with Gasteiger partial charge in [-0.25, -0.2) is 0 Å². The Hall–Kier alpha value is -0.370. The Bertz CT molecular complexity index is 164. The average Bonchev–Trinajstić information content (AvgIpc) is 2.06. The summed E-state index contributed by atoms with van der Waals surface area (Å²) in [6, 6.07) is 0. The van der Waals surface area contributed by atoms with Crippen molar-refractivity contribution in [1.82, 2.24) is 0 Å². The van der Waals surface area contributed by atoms with Gasteiger partial charge in [0, 0.05) is 17.8 Å². The molecule has 9 heavy (non-hydrogen) atoms. The molecule has 1 saturated carbocycles. The highest BCUT2D eigenvalue weighted by atomic mass is 16.5. The molecule has 0 bridgehead atoms. The maximum Gasteiger partial charge on any atom is 0.139 e. The number of ether oxygens (including phenoxy) is 1. The molecule has 50 valence electrons. The van der Waals surface area contributed by atoms with Crippen LogP contribution < -0.4 is 0 Å². The number of fused-ring (bicyclic) bond motifs is 1. The smallest absolute Gasteiger partial charge is 0.139 e. The van der Waals surface area contributed by atoms with E-state index in [2.05, 4.69) is 6.92 Å². The zero-order valence-corrected chi connectivity index (χ0v) is 5.52. The Morgan fingerprint density at radius 2 is 2.56 bits per heavy atom. The third-order valence-electron chi connectivity index (χ3n) is 2.52. The lowest BCUT2D eigenvalue weighted by atomic mass is 9.63. The van der Waals surface area contributed by atoms with Gasteiger partial charge in [-0.3, -0.25) is 4.79 Å². The van der Waals surface area contributed by atoms with Crippen molar-refractivity contribution in [2.45, 2.75) is 13.3 Å². The topological polar surface area (TPSA) is 26.3 Å². The molecule has 2 aliphatic rings. The first kappa shape index (κ1) is 5.42. The Balaban J connectivity index is 2.21. The quantitative estimate of drug-likeness (QED) is 0.475. The Kier molecular flexibility index (Phi) is 0.826. The van der Waals surface area contributed by atoms with Crippen LogP contribution in [0.1, 0.15) is 13.3 Å². The molecule has 0 aromatic heterocycles. The summed E-state index contributed by atoms with van der Waals surface area (Å²) in [5.74, 6) is 0.646. The molecule has 1 heterocycles.